The average molecular weight is 735 g/mol. The third-order valence-corrected chi connectivity index (χ3v) is 10.6. The van der Waals surface area contributed by atoms with E-state index in [9.17, 15) is 19.2 Å². The Kier molecular flexibility index (Phi) is 13.2. The second kappa shape index (κ2) is 17.5. The van der Waals surface area contributed by atoms with Crippen LogP contribution >= 0.6 is 34.5 Å². The van der Waals surface area contributed by atoms with E-state index >= 15 is 0 Å². The van der Waals surface area contributed by atoms with Crippen LogP contribution in [0.15, 0.2) is 46.0 Å². The number of benzene rings is 1. The number of esters is 2. The van der Waals surface area contributed by atoms with Crippen LogP contribution in [0.1, 0.15) is 42.2 Å². The van der Waals surface area contributed by atoms with Gasteiger partial charge in [0.2, 0.25) is 11.8 Å². The van der Waals surface area contributed by atoms with Crippen molar-refractivity contribution in [2.24, 2.45) is 10.9 Å². The Balaban J connectivity index is 1.36. The van der Waals surface area contributed by atoms with Gasteiger partial charge >= 0.3 is 11.9 Å². The molecule has 49 heavy (non-hydrogen) atoms. The molecule has 4 heterocycles. The van der Waals surface area contributed by atoms with Crippen molar-refractivity contribution in [3.05, 3.63) is 61.7 Å². The maximum atomic E-state index is 13.8. The standard InChI is InChI=1S/C34H41Cl2N5O7S/c1-46-33(44)30-24(8-9-26-37-10-20-49-26)38-25(31(34(45)47-2)32(30)29-22(35)5-3-6-23(29)36)21-28(43)40-14-12-39(13-15-40)11-4-7-27(42)41-16-18-48-19-17-41/h3,5-6,10,20,30,32H,4,7-9,11-19,21H2,1-2H3. The van der Waals surface area contributed by atoms with Crippen molar-refractivity contribution in [1.29, 1.82) is 0 Å². The first kappa shape index (κ1) is 36.9. The molecule has 0 bridgehead atoms. The first-order valence-electron chi connectivity index (χ1n) is 16.4. The molecule has 5 rings (SSSR count). The normalized spacial score (nSPS) is 20.2. The summed E-state index contributed by atoms with van der Waals surface area (Å²) in [5.74, 6) is -3.47. The lowest BCUT2D eigenvalue weighted by molar-refractivity contribution is -0.144. The van der Waals surface area contributed by atoms with Gasteiger partial charge in [0, 0.05) is 85.4 Å². The number of halogens is 2. The van der Waals surface area contributed by atoms with E-state index in [1.165, 1.54) is 25.6 Å². The van der Waals surface area contributed by atoms with E-state index in [1.54, 1.807) is 29.3 Å². The SMILES string of the molecule is COC(=O)C1=C(CC(=O)N2CCN(CCCC(=O)N3CCOCC3)CC2)N=C(CCc2nccs2)C(C(=O)OC)C1c1c(Cl)cccc1Cl. The number of aliphatic imine (C=N–C) groups is 1. The molecule has 0 N–H and O–H groups in total. The van der Waals surface area contributed by atoms with Gasteiger partial charge in [0.15, 0.2) is 0 Å². The zero-order valence-corrected chi connectivity index (χ0v) is 30.0. The minimum Gasteiger partial charge on any atom is -0.468 e. The van der Waals surface area contributed by atoms with Gasteiger partial charge < -0.3 is 24.0 Å². The van der Waals surface area contributed by atoms with E-state index in [-0.39, 0.29) is 39.6 Å². The molecular weight excluding hydrogens is 693 g/mol. The number of thiazole rings is 1. The van der Waals surface area contributed by atoms with Crippen LogP contribution in [0.3, 0.4) is 0 Å². The Labute approximate surface area is 300 Å². The molecule has 264 valence electrons. The molecule has 0 saturated carbocycles. The van der Waals surface area contributed by atoms with E-state index in [0.29, 0.717) is 83.0 Å². The maximum Gasteiger partial charge on any atom is 0.336 e. The average Bonchev–Trinajstić information content (AvgIpc) is 3.64. The van der Waals surface area contributed by atoms with E-state index in [1.807, 2.05) is 10.3 Å². The highest BCUT2D eigenvalue weighted by molar-refractivity contribution is 7.09. The van der Waals surface area contributed by atoms with Gasteiger partial charge in [-0.05, 0) is 37.1 Å². The van der Waals surface area contributed by atoms with Gasteiger partial charge in [0.05, 0.1) is 50.1 Å². The predicted molar refractivity (Wildman–Crippen MR) is 186 cm³/mol. The number of carbonyl (C=O) groups excluding carboxylic acids is 4. The molecule has 3 aliphatic rings. The fraction of sp³-hybridized carbons (Fsp3) is 0.529. The molecule has 2 fully saturated rings. The molecule has 2 aromatic rings. The van der Waals surface area contributed by atoms with E-state index in [2.05, 4.69) is 9.88 Å². The number of nitrogens with zero attached hydrogens (tertiary/aromatic N) is 5. The third kappa shape index (κ3) is 9.06. The Hall–Kier alpha value is -3.36. The number of morpholine rings is 1. The van der Waals surface area contributed by atoms with Gasteiger partial charge in [-0.2, -0.15) is 0 Å². The van der Waals surface area contributed by atoms with Crippen molar-refractivity contribution in [1.82, 2.24) is 19.7 Å². The van der Waals surface area contributed by atoms with Crippen molar-refractivity contribution in [3.8, 4) is 0 Å². The van der Waals surface area contributed by atoms with Gasteiger partial charge in [0.25, 0.3) is 0 Å². The van der Waals surface area contributed by atoms with Crippen LogP contribution in [0, 0.1) is 5.92 Å². The fourth-order valence-corrected chi connectivity index (χ4v) is 7.83. The molecule has 2 amide bonds. The number of aryl methyl sites for hydroxylation is 1. The molecule has 12 nitrogen and oxygen atoms in total. The Morgan fingerprint density at radius 1 is 0.939 bits per heavy atom. The van der Waals surface area contributed by atoms with Gasteiger partial charge in [-0.15, -0.1) is 11.3 Å². The molecule has 0 spiro atoms. The number of piperazine rings is 1. The Morgan fingerprint density at radius 2 is 1.63 bits per heavy atom. The van der Waals surface area contributed by atoms with Crippen molar-refractivity contribution >= 4 is 64.0 Å². The summed E-state index contributed by atoms with van der Waals surface area (Å²) in [7, 11) is 2.51. The summed E-state index contributed by atoms with van der Waals surface area (Å²) in [6, 6.07) is 4.95. The first-order valence-corrected chi connectivity index (χ1v) is 18.0. The van der Waals surface area contributed by atoms with Gasteiger partial charge in [-0.1, -0.05) is 29.3 Å². The lowest BCUT2D eigenvalue weighted by atomic mass is 9.74. The van der Waals surface area contributed by atoms with Gasteiger partial charge in [-0.25, -0.2) is 9.78 Å². The summed E-state index contributed by atoms with van der Waals surface area (Å²) in [4.78, 5) is 68.5. The zero-order chi connectivity index (χ0) is 34.9. The highest BCUT2D eigenvalue weighted by Crippen LogP contribution is 2.46. The molecule has 3 aliphatic heterocycles. The second-order valence-corrected chi connectivity index (χ2v) is 13.8. The summed E-state index contributed by atoms with van der Waals surface area (Å²) in [6.45, 7) is 5.50. The minimum absolute atomic E-state index is 0.0443. The molecule has 15 heteroatoms. The lowest BCUT2D eigenvalue weighted by Crippen LogP contribution is -2.49. The van der Waals surface area contributed by atoms with Crippen molar-refractivity contribution < 1.29 is 33.4 Å². The third-order valence-electron chi connectivity index (χ3n) is 9.11. The minimum atomic E-state index is -1.05. The second-order valence-electron chi connectivity index (χ2n) is 12.0. The molecule has 2 unspecified atom stereocenters. The van der Waals surface area contributed by atoms with Gasteiger partial charge in [-0.3, -0.25) is 24.3 Å². The molecule has 0 radical (unpaired) electrons. The summed E-state index contributed by atoms with van der Waals surface area (Å²) >= 11 is 14.9. The topological polar surface area (TPSA) is 131 Å². The summed E-state index contributed by atoms with van der Waals surface area (Å²) < 4.78 is 15.8. The monoisotopic (exact) mass is 733 g/mol. The van der Waals surface area contributed by atoms with E-state index < -0.39 is 23.8 Å². The number of hydrogen-bond donors (Lipinski definition) is 0. The first-order chi connectivity index (χ1) is 23.7. The fourth-order valence-electron chi connectivity index (χ4n) is 6.57. The molecule has 2 atom stereocenters. The van der Waals surface area contributed by atoms with Crippen LogP contribution in [0.2, 0.25) is 10.0 Å². The number of methoxy groups -OCH3 is 2. The lowest BCUT2D eigenvalue weighted by Gasteiger charge is -2.36. The summed E-state index contributed by atoms with van der Waals surface area (Å²) in [5.41, 5.74) is 1.04. The molecule has 2 saturated heterocycles. The van der Waals surface area contributed by atoms with Crippen LogP contribution in [-0.4, -0.2) is 122 Å². The van der Waals surface area contributed by atoms with Crippen LogP contribution in [0.5, 0.6) is 0 Å². The number of carbonyl (C=O) groups is 4. The van der Waals surface area contributed by atoms with Crippen LogP contribution in [-0.2, 0) is 39.8 Å². The van der Waals surface area contributed by atoms with Gasteiger partial charge in [0.1, 0.15) is 5.92 Å². The smallest absolute Gasteiger partial charge is 0.336 e. The molecule has 1 aromatic carbocycles. The Bertz CT molecular complexity index is 1550. The maximum absolute atomic E-state index is 13.8. The largest absolute Gasteiger partial charge is 0.468 e. The number of ether oxygens (including phenoxy) is 3. The highest BCUT2D eigenvalue weighted by Gasteiger charge is 2.46. The number of amides is 2. The highest BCUT2D eigenvalue weighted by atomic mass is 35.5. The summed E-state index contributed by atoms with van der Waals surface area (Å²) in [6.07, 6.45) is 3.55. The van der Waals surface area contributed by atoms with E-state index in [0.717, 1.165) is 18.0 Å². The molecule has 0 aliphatic carbocycles. The quantitative estimate of drug-likeness (QED) is 0.297. The number of hydrogen-bond acceptors (Lipinski definition) is 11. The van der Waals surface area contributed by atoms with Crippen LogP contribution < -0.4 is 0 Å². The number of rotatable bonds is 12. The summed E-state index contributed by atoms with van der Waals surface area (Å²) in [5, 5.41) is 3.22. The zero-order valence-electron chi connectivity index (χ0n) is 27.7. The Morgan fingerprint density at radius 3 is 2.27 bits per heavy atom. The number of aromatic nitrogens is 1. The van der Waals surface area contributed by atoms with Crippen molar-refractivity contribution in [2.75, 3.05) is 73.2 Å². The van der Waals surface area contributed by atoms with Crippen LogP contribution in [0.25, 0.3) is 0 Å². The van der Waals surface area contributed by atoms with Crippen molar-refractivity contribution in [3.63, 3.8) is 0 Å². The molecular formula is C34H41Cl2N5O7S. The van der Waals surface area contributed by atoms with Crippen molar-refractivity contribution in [2.45, 2.75) is 38.0 Å². The van der Waals surface area contributed by atoms with E-state index in [4.69, 9.17) is 42.4 Å². The van der Waals surface area contributed by atoms with Crippen LogP contribution in [0.4, 0.5) is 0 Å². The predicted octanol–water partition coefficient (Wildman–Crippen LogP) is 4.01. The molecule has 1 aromatic heterocycles.